The van der Waals surface area contributed by atoms with Crippen molar-refractivity contribution in [3.8, 4) is 12.8 Å². The van der Waals surface area contributed by atoms with Crippen LogP contribution < -0.4 is 5.32 Å². The molecule has 3 rings (SSSR count). The average Bonchev–Trinajstić information content (AvgIpc) is 2.77. The Morgan fingerprint density at radius 2 is 1.77 bits per heavy atom. The average molecular weight is 422 g/mol. The second-order valence-electron chi connectivity index (χ2n) is 7.51. The molecule has 1 fully saturated rings. The van der Waals surface area contributed by atoms with Gasteiger partial charge in [-0.15, -0.1) is 12.8 Å². The fraction of sp³-hybridized carbons (Fsp3) is 0.269. The number of piperidine rings is 1. The Morgan fingerprint density at radius 1 is 1.13 bits per heavy atom. The molecular weight excluding hydrogens is 392 g/mol. The van der Waals surface area contributed by atoms with Crippen molar-refractivity contribution in [1.29, 1.82) is 5.41 Å². The zero-order valence-electron chi connectivity index (χ0n) is 17.9. The SMILES string of the molecule is C#C.C=C(CN1CCCCC1)Nc1cc(C(=N)/C=C/c2ccc(F)cc2)c(C)cc1F. The van der Waals surface area contributed by atoms with Crippen molar-refractivity contribution in [3.05, 3.63) is 83.1 Å². The zero-order valence-corrected chi connectivity index (χ0v) is 17.9. The van der Waals surface area contributed by atoms with Gasteiger partial charge in [-0.05, 0) is 74.3 Å². The summed E-state index contributed by atoms with van der Waals surface area (Å²) in [6.45, 7) is 8.60. The van der Waals surface area contributed by atoms with Gasteiger partial charge in [0.25, 0.3) is 0 Å². The highest BCUT2D eigenvalue weighted by Crippen LogP contribution is 2.23. The first-order chi connectivity index (χ1) is 14.9. The number of terminal acetylenes is 1. The molecule has 162 valence electrons. The lowest BCUT2D eigenvalue weighted by atomic mass is 10.0. The smallest absolute Gasteiger partial charge is 0.146 e. The minimum atomic E-state index is -0.360. The maximum absolute atomic E-state index is 14.5. The van der Waals surface area contributed by atoms with Crippen LogP contribution in [0.2, 0.25) is 0 Å². The third kappa shape index (κ3) is 7.20. The van der Waals surface area contributed by atoms with Gasteiger partial charge in [-0.25, -0.2) is 8.78 Å². The number of nitrogens with one attached hydrogen (secondary N) is 2. The topological polar surface area (TPSA) is 39.1 Å². The Balaban J connectivity index is 0.00000166. The van der Waals surface area contributed by atoms with E-state index in [1.165, 1.54) is 37.5 Å². The molecule has 0 unspecified atom stereocenters. The number of allylic oxidation sites excluding steroid dienone is 1. The van der Waals surface area contributed by atoms with Crippen LogP contribution >= 0.6 is 0 Å². The lowest BCUT2D eigenvalue weighted by molar-refractivity contribution is 0.247. The molecule has 1 aliphatic rings. The number of rotatable bonds is 7. The number of aryl methyl sites for hydroxylation is 1. The van der Waals surface area contributed by atoms with E-state index in [0.29, 0.717) is 23.4 Å². The molecule has 1 heterocycles. The van der Waals surface area contributed by atoms with E-state index >= 15 is 0 Å². The van der Waals surface area contributed by atoms with Crippen LogP contribution in [0.3, 0.4) is 0 Å². The lowest BCUT2D eigenvalue weighted by Crippen LogP contribution is -2.32. The molecule has 0 atom stereocenters. The first kappa shape index (κ1) is 24.0. The summed E-state index contributed by atoms with van der Waals surface area (Å²) in [7, 11) is 0. The van der Waals surface area contributed by atoms with Gasteiger partial charge in [0.05, 0.1) is 11.4 Å². The number of likely N-dealkylation sites (tertiary alicyclic amines) is 1. The summed E-state index contributed by atoms with van der Waals surface area (Å²) in [5, 5.41) is 11.5. The van der Waals surface area contributed by atoms with E-state index < -0.39 is 0 Å². The Morgan fingerprint density at radius 3 is 2.42 bits per heavy atom. The van der Waals surface area contributed by atoms with Crippen LogP contribution in [-0.4, -0.2) is 30.2 Å². The summed E-state index contributed by atoms with van der Waals surface area (Å²) in [6.07, 6.45) is 15.0. The molecule has 3 nitrogen and oxygen atoms in total. The fourth-order valence-electron chi connectivity index (χ4n) is 3.52. The van der Waals surface area contributed by atoms with Crippen molar-refractivity contribution in [2.75, 3.05) is 25.0 Å². The molecular formula is C26H29F2N3. The van der Waals surface area contributed by atoms with E-state index in [4.69, 9.17) is 5.41 Å². The maximum atomic E-state index is 14.5. The summed E-state index contributed by atoms with van der Waals surface area (Å²) >= 11 is 0. The summed E-state index contributed by atoms with van der Waals surface area (Å²) in [6, 6.07) is 9.14. The molecule has 1 saturated heterocycles. The summed E-state index contributed by atoms with van der Waals surface area (Å²) in [5.41, 5.74) is 3.45. The molecule has 0 spiro atoms. The van der Waals surface area contributed by atoms with Crippen molar-refractivity contribution in [1.82, 2.24) is 4.90 Å². The first-order valence-electron chi connectivity index (χ1n) is 10.3. The number of anilines is 1. The minimum absolute atomic E-state index is 0.261. The number of hydrogen-bond donors (Lipinski definition) is 2. The highest BCUT2D eigenvalue weighted by molar-refractivity contribution is 6.10. The molecule has 5 heteroatoms. The Kier molecular flexibility index (Phi) is 9.17. The molecule has 2 N–H and O–H groups in total. The normalized spacial score (nSPS) is 14.0. The van der Waals surface area contributed by atoms with Crippen LogP contribution in [-0.2, 0) is 0 Å². The highest BCUT2D eigenvalue weighted by atomic mass is 19.1. The number of halogens is 2. The molecule has 1 aliphatic heterocycles. The molecule has 0 saturated carbocycles. The van der Waals surface area contributed by atoms with Crippen molar-refractivity contribution < 1.29 is 8.78 Å². The summed E-state index contributed by atoms with van der Waals surface area (Å²) in [4.78, 5) is 2.32. The predicted octanol–water partition coefficient (Wildman–Crippen LogP) is 6.02. The highest BCUT2D eigenvalue weighted by Gasteiger charge is 2.14. The monoisotopic (exact) mass is 421 g/mol. The number of hydrogen-bond acceptors (Lipinski definition) is 3. The number of nitrogens with zero attached hydrogens (tertiary/aromatic N) is 1. The van der Waals surface area contributed by atoms with Gasteiger partial charge in [-0.2, -0.15) is 0 Å². The fourth-order valence-corrected chi connectivity index (χ4v) is 3.52. The second kappa shape index (κ2) is 11.8. The third-order valence-electron chi connectivity index (χ3n) is 5.09. The predicted molar refractivity (Wildman–Crippen MR) is 126 cm³/mol. The van der Waals surface area contributed by atoms with Crippen molar-refractivity contribution in [2.24, 2.45) is 0 Å². The van der Waals surface area contributed by atoms with Gasteiger partial charge in [0.15, 0.2) is 0 Å². The van der Waals surface area contributed by atoms with Crippen LogP contribution in [0.5, 0.6) is 0 Å². The Labute approximate surface area is 184 Å². The van der Waals surface area contributed by atoms with E-state index in [-0.39, 0.29) is 17.3 Å². The van der Waals surface area contributed by atoms with E-state index in [0.717, 1.165) is 24.4 Å². The van der Waals surface area contributed by atoms with Gasteiger partial charge in [0, 0.05) is 17.8 Å². The summed E-state index contributed by atoms with van der Waals surface area (Å²) in [5.74, 6) is -0.659. The van der Waals surface area contributed by atoms with E-state index in [2.05, 4.69) is 29.6 Å². The van der Waals surface area contributed by atoms with Gasteiger partial charge >= 0.3 is 0 Å². The van der Waals surface area contributed by atoms with Crippen molar-refractivity contribution in [2.45, 2.75) is 26.2 Å². The van der Waals surface area contributed by atoms with Crippen LogP contribution in [0.4, 0.5) is 14.5 Å². The van der Waals surface area contributed by atoms with Gasteiger partial charge in [-0.1, -0.05) is 31.2 Å². The Hall–Kier alpha value is -3.23. The zero-order chi connectivity index (χ0) is 22.8. The molecule has 31 heavy (non-hydrogen) atoms. The van der Waals surface area contributed by atoms with Gasteiger partial charge in [0.2, 0.25) is 0 Å². The van der Waals surface area contributed by atoms with Crippen LogP contribution in [0, 0.1) is 36.8 Å². The molecule has 0 radical (unpaired) electrons. The van der Waals surface area contributed by atoms with E-state index in [1.807, 2.05) is 0 Å². The molecule has 0 bridgehead atoms. The van der Waals surface area contributed by atoms with Crippen molar-refractivity contribution in [3.63, 3.8) is 0 Å². The van der Waals surface area contributed by atoms with E-state index in [1.54, 1.807) is 37.3 Å². The second-order valence-corrected chi connectivity index (χ2v) is 7.51. The molecule has 0 aliphatic carbocycles. The lowest BCUT2D eigenvalue weighted by Gasteiger charge is -2.27. The Bertz CT molecular complexity index is 953. The molecule has 2 aromatic rings. The van der Waals surface area contributed by atoms with Crippen molar-refractivity contribution >= 4 is 17.5 Å². The third-order valence-corrected chi connectivity index (χ3v) is 5.09. The molecule has 2 aromatic carbocycles. The van der Waals surface area contributed by atoms with Crippen LogP contribution in [0.15, 0.2) is 54.8 Å². The standard InChI is InChI=1S/C24H27F2N3.C2H2/c1-17-14-22(26)24(28-18(2)16-29-12-4-3-5-13-29)15-21(17)23(27)11-8-19-6-9-20(25)10-7-19;1-2/h6-11,14-15,27-28H,2-5,12-13,16H2,1H3;1-2H/b11-8+,27-23?;. The van der Waals surface area contributed by atoms with Gasteiger partial charge < -0.3 is 10.7 Å². The van der Waals surface area contributed by atoms with E-state index in [9.17, 15) is 8.78 Å². The molecule has 0 amide bonds. The van der Waals surface area contributed by atoms with Gasteiger partial charge in [0.1, 0.15) is 11.6 Å². The quantitative estimate of drug-likeness (QED) is 0.424. The first-order valence-corrected chi connectivity index (χ1v) is 10.3. The van der Waals surface area contributed by atoms with Crippen LogP contribution in [0.25, 0.3) is 6.08 Å². The molecule has 0 aromatic heterocycles. The largest absolute Gasteiger partial charge is 0.356 e. The van der Waals surface area contributed by atoms with Gasteiger partial charge in [-0.3, -0.25) is 4.90 Å². The van der Waals surface area contributed by atoms with Crippen LogP contribution in [0.1, 0.15) is 36.0 Å². The summed E-state index contributed by atoms with van der Waals surface area (Å²) < 4.78 is 27.5. The maximum Gasteiger partial charge on any atom is 0.146 e. The minimum Gasteiger partial charge on any atom is -0.356 e. The number of benzene rings is 2.